The molecule has 0 radical (unpaired) electrons. The Morgan fingerprint density at radius 1 is 0.830 bits per heavy atom. The summed E-state index contributed by atoms with van der Waals surface area (Å²) < 4.78 is 18.1. The zero-order chi connectivity index (χ0) is 37.9. The maximum Gasteiger partial charge on any atom is 0.410 e. The topological polar surface area (TPSA) is 200 Å². The van der Waals surface area contributed by atoms with Gasteiger partial charge in [0.05, 0.1) is 33.2 Å². The summed E-state index contributed by atoms with van der Waals surface area (Å²) in [6.07, 6.45) is 4.76. The molecule has 1 fully saturated rings. The number of nitrogens with one attached hydrogen (secondary N) is 1. The van der Waals surface area contributed by atoms with E-state index in [0.29, 0.717) is 28.1 Å². The average Bonchev–Trinajstić information content (AvgIpc) is 3.94. The fraction of sp³-hybridized carbons (Fsp3) is 0.389. The second-order valence-corrected chi connectivity index (χ2v) is 13.6. The van der Waals surface area contributed by atoms with Gasteiger partial charge in [0.2, 0.25) is 0 Å². The lowest BCUT2D eigenvalue weighted by Gasteiger charge is -2.35. The predicted molar refractivity (Wildman–Crippen MR) is 189 cm³/mol. The lowest BCUT2D eigenvalue weighted by Crippen LogP contribution is -2.51. The Bertz CT molecular complexity index is 2120. The molecule has 17 heteroatoms. The molecular weight excluding hydrogens is 686 g/mol. The van der Waals surface area contributed by atoms with Crippen LogP contribution in [-0.4, -0.2) is 126 Å². The molecule has 1 aliphatic rings. The Labute approximate surface area is 304 Å². The van der Waals surface area contributed by atoms with Gasteiger partial charge in [-0.1, -0.05) is 28.6 Å². The standard InChI is InChI=1S/C36H41N9O8/c1-36(2,3)53-35(50)43-12-10-42(11-13-43)32(47)24-15-22(14-23(16-24)29-20-45(41-39-29)31(21-46)34(49)52-5)28-19-44(40-38-28)30(33(48)51-4)17-25-18-37-27-9-7-6-8-26(25)27/h6-9,14-16,18-20,30-31,37,46H,10-13,17,21H2,1-5H3/t30-,31-/m0/s1. The van der Waals surface area contributed by atoms with Gasteiger partial charge in [-0.25, -0.2) is 23.7 Å². The molecule has 2 aromatic carbocycles. The molecule has 4 heterocycles. The fourth-order valence-corrected chi connectivity index (χ4v) is 6.10. The molecule has 6 rings (SSSR count). The molecule has 53 heavy (non-hydrogen) atoms. The molecule has 1 saturated heterocycles. The zero-order valence-corrected chi connectivity index (χ0v) is 30.1. The quantitative estimate of drug-likeness (QED) is 0.158. The van der Waals surface area contributed by atoms with E-state index in [1.54, 1.807) is 55.0 Å². The van der Waals surface area contributed by atoms with E-state index in [9.17, 15) is 24.3 Å². The number of carbonyl (C=O) groups excluding carboxylic acids is 4. The van der Waals surface area contributed by atoms with Crippen LogP contribution in [0.2, 0.25) is 0 Å². The summed E-state index contributed by atoms with van der Waals surface area (Å²) in [4.78, 5) is 58.5. The monoisotopic (exact) mass is 727 g/mol. The van der Waals surface area contributed by atoms with Crippen molar-refractivity contribution in [2.45, 2.75) is 44.9 Å². The van der Waals surface area contributed by atoms with Crippen LogP contribution < -0.4 is 0 Å². The molecule has 0 aliphatic carbocycles. The molecule has 278 valence electrons. The number of para-hydroxylation sites is 1. The minimum atomic E-state index is -1.13. The Morgan fingerprint density at radius 3 is 1.98 bits per heavy atom. The molecule has 2 atom stereocenters. The van der Waals surface area contributed by atoms with Crippen LogP contribution >= 0.6 is 0 Å². The number of aromatic nitrogens is 7. The van der Waals surface area contributed by atoms with Crippen molar-refractivity contribution < 1.29 is 38.5 Å². The van der Waals surface area contributed by atoms with E-state index < -0.39 is 42.3 Å². The van der Waals surface area contributed by atoms with Crippen LogP contribution in [0.5, 0.6) is 0 Å². The van der Waals surface area contributed by atoms with Crippen LogP contribution in [0.25, 0.3) is 33.4 Å². The van der Waals surface area contributed by atoms with Crippen LogP contribution in [0, 0.1) is 0 Å². The minimum Gasteiger partial charge on any atom is -0.467 e. The van der Waals surface area contributed by atoms with Gasteiger partial charge in [0.1, 0.15) is 17.0 Å². The van der Waals surface area contributed by atoms with Crippen molar-refractivity contribution in [3.05, 3.63) is 72.2 Å². The number of hydrogen-bond acceptors (Lipinski definition) is 12. The van der Waals surface area contributed by atoms with Gasteiger partial charge in [0.25, 0.3) is 5.91 Å². The highest BCUT2D eigenvalue weighted by atomic mass is 16.6. The van der Waals surface area contributed by atoms with Gasteiger partial charge in [-0.3, -0.25) is 4.79 Å². The third-order valence-electron chi connectivity index (χ3n) is 8.86. The minimum absolute atomic E-state index is 0.272. The van der Waals surface area contributed by atoms with Gasteiger partial charge >= 0.3 is 18.0 Å². The maximum absolute atomic E-state index is 14.0. The van der Waals surface area contributed by atoms with Crippen LogP contribution in [0.15, 0.2) is 61.1 Å². The van der Waals surface area contributed by atoms with Gasteiger partial charge in [0.15, 0.2) is 12.1 Å². The molecule has 0 spiro atoms. The van der Waals surface area contributed by atoms with E-state index in [2.05, 4.69) is 25.6 Å². The van der Waals surface area contributed by atoms with Crippen molar-refractivity contribution >= 4 is 34.8 Å². The molecule has 2 amide bonds. The average molecular weight is 728 g/mol. The summed E-state index contributed by atoms with van der Waals surface area (Å²) in [5.74, 6) is -1.52. The van der Waals surface area contributed by atoms with Crippen LogP contribution in [0.3, 0.4) is 0 Å². The molecule has 17 nitrogen and oxygen atoms in total. The second-order valence-electron chi connectivity index (χ2n) is 13.6. The highest BCUT2D eigenvalue weighted by molar-refractivity contribution is 5.97. The molecule has 1 aliphatic heterocycles. The van der Waals surface area contributed by atoms with Crippen LogP contribution in [0.4, 0.5) is 4.79 Å². The van der Waals surface area contributed by atoms with E-state index in [-0.39, 0.29) is 38.5 Å². The maximum atomic E-state index is 14.0. The number of fused-ring (bicyclic) bond motifs is 1. The van der Waals surface area contributed by atoms with E-state index in [1.165, 1.54) is 29.8 Å². The summed E-state index contributed by atoms with van der Waals surface area (Å²) in [5, 5.41) is 27.7. The summed E-state index contributed by atoms with van der Waals surface area (Å²) in [5.41, 5.74) is 3.08. The smallest absolute Gasteiger partial charge is 0.410 e. The number of H-pyrrole nitrogens is 1. The summed E-state index contributed by atoms with van der Waals surface area (Å²) in [6, 6.07) is 10.8. The van der Waals surface area contributed by atoms with Crippen molar-refractivity contribution in [2.24, 2.45) is 0 Å². The largest absolute Gasteiger partial charge is 0.467 e. The Hall–Kier alpha value is -6.10. The number of aromatic amines is 1. The molecule has 2 N–H and O–H groups in total. The number of amides is 2. The lowest BCUT2D eigenvalue weighted by atomic mass is 10.0. The van der Waals surface area contributed by atoms with Gasteiger partial charge in [-0.05, 0) is 50.6 Å². The lowest BCUT2D eigenvalue weighted by molar-refractivity contribution is -0.146. The highest BCUT2D eigenvalue weighted by Crippen LogP contribution is 2.30. The number of carbonyl (C=O) groups is 4. The Balaban J connectivity index is 1.33. The summed E-state index contributed by atoms with van der Waals surface area (Å²) in [6.45, 7) is 5.94. The number of methoxy groups -OCH3 is 2. The van der Waals surface area contributed by atoms with E-state index in [4.69, 9.17) is 14.2 Å². The number of piperazine rings is 1. The van der Waals surface area contributed by atoms with Gasteiger partial charge in [-0.15, -0.1) is 10.2 Å². The highest BCUT2D eigenvalue weighted by Gasteiger charge is 2.30. The molecule has 3 aromatic heterocycles. The number of aliphatic hydroxyl groups excluding tert-OH is 1. The zero-order valence-electron chi connectivity index (χ0n) is 30.1. The molecule has 5 aromatic rings. The number of ether oxygens (including phenoxy) is 3. The first kappa shape index (κ1) is 36.7. The summed E-state index contributed by atoms with van der Waals surface area (Å²) >= 11 is 0. The first-order valence-corrected chi connectivity index (χ1v) is 17.0. The molecule has 0 unspecified atom stereocenters. The first-order chi connectivity index (χ1) is 25.4. The Morgan fingerprint density at radius 2 is 1.40 bits per heavy atom. The van der Waals surface area contributed by atoms with Crippen molar-refractivity contribution in [1.82, 2.24) is 44.8 Å². The van der Waals surface area contributed by atoms with Crippen molar-refractivity contribution in [2.75, 3.05) is 47.0 Å². The molecule has 0 saturated carbocycles. The van der Waals surface area contributed by atoms with Gasteiger partial charge in [-0.2, -0.15) is 0 Å². The first-order valence-electron chi connectivity index (χ1n) is 17.0. The third kappa shape index (κ3) is 8.04. The normalized spacial score (nSPS) is 14.5. The number of hydrogen-bond donors (Lipinski definition) is 2. The SMILES string of the molecule is COC(=O)[C@H](CO)n1cc(-c2cc(C(=O)N3CCN(C(=O)OC(C)(C)C)CC3)cc(-c3cn([C@@H](Cc4c[nH]c5ccccc45)C(=O)OC)nn3)c2)nn1. The van der Waals surface area contributed by atoms with Crippen molar-refractivity contribution in [3.63, 3.8) is 0 Å². The third-order valence-corrected chi connectivity index (χ3v) is 8.86. The Kier molecular flexibility index (Phi) is 10.6. The van der Waals surface area contributed by atoms with Crippen molar-refractivity contribution in [1.29, 1.82) is 0 Å². The van der Waals surface area contributed by atoms with Gasteiger partial charge < -0.3 is 34.1 Å². The fourth-order valence-electron chi connectivity index (χ4n) is 6.10. The number of aliphatic hydroxyl groups is 1. The van der Waals surface area contributed by atoms with Crippen molar-refractivity contribution in [3.8, 4) is 22.5 Å². The number of rotatable bonds is 10. The second kappa shape index (κ2) is 15.2. The van der Waals surface area contributed by atoms with Crippen LogP contribution in [0.1, 0.15) is 48.8 Å². The number of nitrogens with zero attached hydrogens (tertiary/aromatic N) is 8. The van der Waals surface area contributed by atoms with Gasteiger partial charge in [0, 0.05) is 66.4 Å². The van der Waals surface area contributed by atoms with E-state index >= 15 is 0 Å². The summed E-state index contributed by atoms with van der Waals surface area (Å²) in [7, 11) is 2.52. The number of esters is 2. The van der Waals surface area contributed by atoms with Crippen LogP contribution in [-0.2, 0) is 30.2 Å². The molecular formula is C36H41N9O8. The number of benzene rings is 2. The molecule has 0 bridgehead atoms. The van der Waals surface area contributed by atoms with E-state index in [0.717, 1.165) is 16.5 Å². The van der Waals surface area contributed by atoms with E-state index in [1.807, 2.05) is 30.5 Å². The predicted octanol–water partition coefficient (Wildman–Crippen LogP) is 3.04.